The molecular weight excluding hydrogens is 312 g/mol. The van der Waals surface area contributed by atoms with Gasteiger partial charge in [0, 0.05) is 5.69 Å². The van der Waals surface area contributed by atoms with Gasteiger partial charge in [0.1, 0.15) is 17.4 Å². The van der Waals surface area contributed by atoms with Crippen LogP contribution in [0.4, 0.5) is 10.5 Å². The van der Waals surface area contributed by atoms with Crippen molar-refractivity contribution in [2.45, 2.75) is 13.5 Å². The number of ether oxygens (including phenoxy) is 2. The number of nitrogens with zero attached hydrogens (tertiary/aromatic N) is 1. The monoisotopic (exact) mass is 328 g/mol. The van der Waals surface area contributed by atoms with Gasteiger partial charge in [-0.3, -0.25) is 5.32 Å². The average molecular weight is 328 g/mol. The maximum Gasteiger partial charge on any atom is 0.411 e. The minimum atomic E-state index is -0.490. The van der Waals surface area contributed by atoms with E-state index in [4.69, 9.17) is 4.74 Å². The van der Waals surface area contributed by atoms with Crippen molar-refractivity contribution in [2.24, 2.45) is 0 Å². The molecule has 0 radical (unpaired) electrons. The quantitative estimate of drug-likeness (QED) is 0.773. The summed E-state index contributed by atoms with van der Waals surface area (Å²) < 4.78 is 11.5. The number of aromatic nitrogens is 1. The zero-order valence-electron chi connectivity index (χ0n) is 12.8. The van der Waals surface area contributed by atoms with E-state index in [0.29, 0.717) is 12.3 Å². The standard InChI is InChI=1S/C17H16N2O3S/c1-11-9-12(7-8-13(11)19-17(20)21-2)22-10-16-18-14-5-3-4-6-15(14)23-16/h3-9H,10H2,1-2H3,(H,19,20). The number of fused-ring (bicyclic) bond motifs is 1. The fraction of sp³-hybridized carbons (Fsp3) is 0.176. The van der Waals surface area contributed by atoms with Gasteiger partial charge in [-0.2, -0.15) is 0 Å². The van der Waals surface area contributed by atoms with E-state index in [0.717, 1.165) is 26.5 Å². The van der Waals surface area contributed by atoms with Crippen LogP contribution in [0.25, 0.3) is 10.2 Å². The molecule has 5 nitrogen and oxygen atoms in total. The largest absolute Gasteiger partial charge is 0.486 e. The number of carbonyl (C=O) groups is 1. The van der Waals surface area contributed by atoms with Crippen molar-refractivity contribution in [2.75, 3.05) is 12.4 Å². The van der Waals surface area contributed by atoms with Gasteiger partial charge in [-0.15, -0.1) is 11.3 Å². The molecule has 6 heteroatoms. The normalized spacial score (nSPS) is 10.5. The van der Waals surface area contributed by atoms with E-state index in [2.05, 4.69) is 15.0 Å². The average Bonchev–Trinajstić information content (AvgIpc) is 2.98. The van der Waals surface area contributed by atoms with E-state index < -0.39 is 6.09 Å². The molecule has 0 atom stereocenters. The SMILES string of the molecule is COC(=O)Nc1ccc(OCc2nc3ccccc3s2)cc1C. The number of rotatable bonds is 4. The highest BCUT2D eigenvalue weighted by atomic mass is 32.1. The molecule has 3 aromatic rings. The molecule has 0 bridgehead atoms. The van der Waals surface area contributed by atoms with Crippen LogP contribution >= 0.6 is 11.3 Å². The first-order valence-electron chi connectivity index (χ1n) is 7.08. The summed E-state index contributed by atoms with van der Waals surface area (Å²) in [6.07, 6.45) is -0.490. The van der Waals surface area contributed by atoms with Crippen LogP contribution in [0.2, 0.25) is 0 Å². The van der Waals surface area contributed by atoms with Gasteiger partial charge in [-0.05, 0) is 42.8 Å². The van der Waals surface area contributed by atoms with Gasteiger partial charge in [0.25, 0.3) is 0 Å². The molecule has 2 aromatic carbocycles. The number of aryl methyl sites for hydroxylation is 1. The molecule has 0 aliphatic carbocycles. The molecule has 0 fully saturated rings. The Morgan fingerprint density at radius 1 is 1.26 bits per heavy atom. The Morgan fingerprint density at radius 3 is 2.83 bits per heavy atom. The van der Waals surface area contributed by atoms with Crippen LogP contribution in [0, 0.1) is 6.92 Å². The van der Waals surface area contributed by atoms with E-state index in [-0.39, 0.29) is 0 Å². The van der Waals surface area contributed by atoms with Crippen molar-refractivity contribution in [3.63, 3.8) is 0 Å². The molecule has 23 heavy (non-hydrogen) atoms. The maximum atomic E-state index is 11.2. The smallest absolute Gasteiger partial charge is 0.411 e. The third kappa shape index (κ3) is 3.60. The van der Waals surface area contributed by atoms with Gasteiger partial charge in [-0.25, -0.2) is 9.78 Å². The van der Waals surface area contributed by atoms with Crippen LogP contribution in [-0.2, 0) is 11.3 Å². The van der Waals surface area contributed by atoms with Crippen LogP contribution in [0.3, 0.4) is 0 Å². The van der Waals surface area contributed by atoms with Crippen molar-refractivity contribution in [3.8, 4) is 5.75 Å². The molecule has 1 N–H and O–H groups in total. The van der Waals surface area contributed by atoms with Crippen molar-refractivity contribution >= 4 is 33.3 Å². The fourth-order valence-corrected chi connectivity index (χ4v) is 3.03. The first kappa shape index (κ1) is 15.3. The molecule has 0 saturated carbocycles. The molecule has 118 valence electrons. The van der Waals surface area contributed by atoms with Crippen LogP contribution in [0.1, 0.15) is 10.6 Å². The summed E-state index contributed by atoms with van der Waals surface area (Å²) in [5.74, 6) is 0.733. The lowest BCUT2D eigenvalue weighted by molar-refractivity contribution is 0.187. The Hall–Kier alpha value is -2.60. The molecule has 0 spiro atoms. The van der Waals surface area contributed by atoms with Gasteiger partial charge >= 0.3 is 6.09 Å². The summed E-state index contributed by atoms with van der Waals surface area (Å²) in [6.45, 7) is 2.32. The lowest BCUT2D eigenvalue weighted by Gasteiger charge is -2.10. The van der Waals surface area contributed by atoms with Crippen molar-refractivity contribution in [1.82, 2.24) is 4.98 Å². The van der Waals surface area contributed by atoms with Crippen LogP contribution < -0.4 is 10.1 Å². The van der Waals surface area contributed by atoms with Gasteiger partial charge in [0.05, 0.1) is 17.3 Å². The molecule has 1 amide bonds. The number of benzene rings is 2. The second-order valence-electron chi connectivity index (χ2n) is 4.96. The summed E-state index contributed by atoms with van der Waals surface area (Å²) in [5, 5.41) is 3.58. The van der Waals surface area contributed by atoms with Gasteiger partial charge < -0.3 is 9.47 Å². The topological polar surface area (TPSA) is 60.5 Å². The number of hydrogen-bond donors (Lipinski definition) is 1. The molecule has 3 rings (SSSR count). The lowest BCUT2D eigenvalue weighted by Crippen LogP contribution is -2.11. The van der Waals surface area contributed by atoms with E-state index in [9.17, 15) is 4.79 Å². The second kappa shape index (κ2) is 6.66. The zero-order valence-corrected chi connectivity index (χ0v) is 13.6. The van der Waals surface area contributed by atoms with Crippen LogP contribution in [0.5, 0.6) is 5.75 Å². The fourth-order valence-electron chi connectivity index (χ4n) is 2.15. The Morgan fingerprint density at radius 2 is 2.09 bits per heavy atom. The summed E-state index contributed by atoms with van der Waals surface area (Å²) >= 11 is 1.63. The molecular formula is C17H16N2O3S. The Labute approximate surface area is 137 Å². The van der Waals surface area contributed by atoms with Crippen LogP contribution in [0.15, 0.2) is 42.5 Å². The second-order valence-corrected chi connectivity index (χ2v) is 6.07. The summed E-state index contributed by atoms with van der Waals surface area (Å²) in [7, 11) is 1.33. The molecule has 0 unspecified atom stereocenters. The highest BCUT2D eigenvalue weighted by molar-refractivity contribution is 7.18. The van der Waals surface area contributed by atoms with Gasteiger partial charge in [0.2, 0.25) is 0 Å². The Bertz CT molecular complexity index is 812. The van der Waals surface area contributed by atoms with Crippen molar-refractivity contribution in [1.29, 1.82) is 0 Å². The van der Waals surface area contributed by atoms with Crippen molar-refractivity contribution < 1.29 is 14.3 Å². The third-order valence-corrected chi connectivity index (χ3v) is 4.33. The summed E-state index contributed by atoms with van der Waals surface area (Å²) in [5.41, 5.74) is 2.59. The Kier molecular flexibility index (Phi) is 4.43. The highest BCUT2D eigenvalue weighted by Crippen LogP contribution is 2.25. The minimum Gasteiger partial charge on any atom is -0.486 e. The molecule has 1 aromatic heterocycles. The summed E-state index contributed by atoms with van der Waals surface area (Å²) in [4.78, 5) is 15.8. The van der Waals surface area contributed by atoms with E-state index >= 15 is 0 Å². The molecule has 1 heterocycles. The third-order valence-electron chi connectivity index (χ3n) is 3.32. The first-order chi connectivity index (χ1) is 11.2. The summed E-state index contributed by atoms with van der Waals surface area (Å²) in [6, 6.07) is 13.5. The molecule has 0 saturated heterocycles. The van der Waals surface area contributed by atoms with Crippen molar-refractivity contribution in [3.05, 3.63) is 53.0 Å². The predicted octanol–water partition coefficient (Wildman–Crippen LogP) is 4.36. The van der Waals surface area contributed by atoms with Crippen LogP contribution in [-0.4, -0.2) is 18.2 Å². The first-order valence-corrected chi connectivity index (χ1v) is 7.90. The number of thiazole rings is 1. The Balaban J connectivity index is 1.68. The molecule has 0 aliphatic rings. The lowest BCUT2D eigenvalue weighted by atomic mass is 10.2. The molecule has 0 aliphatic heterocycles. The van der Waals surface area contributed by atoms with Gasteiger partial charge in [0.15, 0.2) is 0 Å². The predicted molar refractivity (Wildman–Crippen MR) is 91.2 cm³/mol. The van der Waals surface area contributed by atoms with E-state index in [1.54, 1.807) is 17.4 Å². The zero-order chi connectivity index (χ0) is 16.2. The number of amides is 1. The number of carbonyl (C=O) groups excluding carboxylic acids is 1. The number of methoxy groups -OCH3 is 1. The number of anilines is 1. The maximum absolute atomic E-state index is 11.2. The van der Waals surface area contributed by atoms with Gasteiger partial charge in [-0.1, -0.05) is 12.1 Å². The van der Waals surface area contributed by atoms with E-state index in [1.165, 1.54) is 7.11 Å². The minimum absolute atomic E-state index is 0.419. The van der Waals surface area contributed by atoms with E-state index in [1.807, 2.05) is 43.3 Å². The number of para-hydroxylation sites is 1. The number of hydrogen-bond acceptors (Lipinski definition) is 5. The highest BCUT2D eigenvalue weighted by Gasteiger charge is 2.07. The number of nitrogens with one attached hydrogen (secondary N) is 1.